The predicted octanol–water partition coefficient (Wildman–Crippen LogP) is 4.27. The lowest BCUT2D eigenvalue weighted by atomic mass is 10.3. The topological polar surface area (TPSA) is 77.2 Å². The molecule has 0 spiro atoms. The number of ether oxygens (including phenoxy) is 1. The van der Waals surface area contributed by atoms with E-state index in [0.717, 1.165) is 5.39 Å². The molecule has 25 heavy (non-hydrogen) atoms. The van der Waals surface area contributed by atoms with E-state index in [1.165, 1.54) is 6.26 Å². The van der Waals surface area contributed by atoms with Gasteiger partial charge < -0.3 is 14.5 Å². The quantitative estimate of drug-likeness (QED) is 0.604. The van der Waals surface area contributed by atoms with Gasteiger partial charge in [0.2, 0.25) is 5.88 Å². The number of aromatic nitrogens is 2. The second kappa shape index (κ2) is 6.45. The third kappa shape index (κ3) is 3.32. The molecular weight excluding hydrogens is 318 g/mol. The van der Waals surface area contributed by atoms with E-state index in [2.05, 4.69) is 15.3 Å². The van der Waals surface area contributed by atoms with Gasteiger partial charge in [0.15, 0.2) is 11.4 Å². The summed E-state index contributed by atoms with van der Waals surface area (Å²) in [6.45, 7) is 0. The number of rotatable bonds is 4. The van der Waals surface area contributed by atoms with Crippen LogP contribution < -0.4 is 10.1 Å². The number of para-hydroxylation sites is 1. The number of fused-ring (bicyclic) bond motifs is 1. The maximum absolute atomic E-state index is 12.0. The predicted molar refractivity (Wildman–Crippen MR) is 92.7 cm³/mol. The molecule has 0 saturated heterocycles. The smallest absolute Gasteiger partial charge is 0.292 e. The van der Waals surface area contributed by atoms with E-state index in [4.69, 9.17) is 9.15 Å². The van der Waals surface area contributed by atoms with Crippen molar-refractivity contribution in [1.82, 2.24) is 9.97 Å². The minimum absolute atomic E-state index is 0.219. The maximum atomic E-state index is 12.0. The number of amides is 1. The van der Waals surface area contributed by atoms with Crippen molar-refractivity contribution < 1.29 is 13.9 Å². The summed E-state index contributed by atoms with van der Waals surface area (Å²) in [5.41, 5.74) is 0.477. The zero-order valence-corrected chi connectivity index (χ0v) is 13.0. The standard InChI is InChI=1S/C19H13N3O3/c23-19(15-7-4-12-24-15)21-16-10-8-13-9-11-17(22-18(13)20-16)25-14-5-2-1-3-6-14/h1-12H,(H,20,21,22,23). The van der Waals surface area contributed by atoms with Gasteiger partial charge in [0.1, 0.15) is 11.6 Å². The van der Waals surface area contributed by atoms with Crippen LogP contribution in [-0.2, 0) is 0 Å². The number of carbonyl (C=O) groups is 1. The van der Waals surface area contributed by atoms with Crippen molar-refractivity contribution in [3.63, 3.8) is 0 Å². The highest BCUT2D eigenvalue weighted by molar-refractivity contribution is 6.02. The molecule has 3 aromatic heterocycles. The van der Waals surface area contributed by atoms with Crippen LogP contribution >= 0.6 is 0 Å². The Morgan fingerprint density at radius 2 is 1.76 bits per heavy atom. The lowest BCUT2D eigenvalue weighted by molar-refractivity contribution is 0.0996. The number of hydrogen-bond acceptors (Lipinski definition) is 5. The number of benzene rings is 1. The van der Waals surface area contributed by atoms with Gasteiger partial charge in [-0.15, -0.1) is 0 Å². The summed E-state index contributed by atoms with van der Waals surface area (Å²) in [5.74, 6) is 1.36. The largest absolute Gasteiger partial charge is 0.459 e. The fourth-order valence-corrected chi connectivity index (χ4v) is 2.30. The zero-order chi connectivity index (χ0) is 17.1. The van der Waals surface area contributed by atoms with E-state index in [9.17, 15) is 4.79 Å². The van der Waals surface area contributed by atoms with E-state index in [1.807, 2.05) is 42.5 Å². The molecule has 0 radical (unpaired) electrons. The maximum Gasteiger partial charge on any atom is 0.292 e. The number of furan rings is 1. The fraction of sp³-hybridized carbons (Fsp3) is 0. The van der Waals surface area contributed by atoms with Crippen molar-refractivity contribution in [2.45, 2.75) is 0 Å². The third-order valence-electron chi connectivity index (χ3n) is 3.48. The monoisotopic (exact) mass is 331 g/mol. The van der Waals surface area contributed by atoms with Crippen molar-refractivity contribution in [1.29, 1.82) is 0 Å². The number of pyridine rings is 2. The molecule has 0 aliphatic rings. The van der Waals surface area contributed by atoms with E-state index in [0.29, 0.717) is 23.1 Å². The van der Waals surface area contributed by atoms with Crippen LogP contribution in [0.5, 0.6) is 11.6 Å². The molecule has 6 nitrogen and oxygen atoms in total. The first-order chi connectivity index (χ1) is 12.3. The van der Waals surface area contributed by atoms with Crippen molar-refractivity contribution in [2.24, 2.45) is 0 Å². The number of carbonyl (C=O) groups excluding carboxylic acids is 1. The van der Waals surface area contributed by atoms with Crippen LogP contribution in [0.3, 0.4) is 0 Å². The molecular formula is C19H13N3O3. The van der Waals surface area contributed by atoms with Gasteiger partial charge in [0.25, 0.3) is 5.91 Å². The summed E-state index contributed by atoms with van der Waals surface area (Å²) in [6.07, 6.45) is 1.44. The molecule has 0 fully saturated rings. The summed E-state index contributed by atoms with van der Waals surface area (Å²) in [6, 6.07) is 19.8. The number of hydrogen-bond donors (Lipinski definition) is 1. The van der Waals surface area contributed by atoms with Crippen LogP contribution in [0.4, 0.5) is 5.82 Å². The molecule has 4 rings (SSSR count). The molecule has 1 aromatic carbocycles. The Balaban J connectivity index is 1.59. The molecule has 0 bridgehead atoms. The Bertz CT molecular complexity index is 1010. The number of nitrogens with zero attached hydrogens (tertiary/aromatic N) is 2. The fourth-order valence-electron chi connectivity index (χ4n) is 2.30. The van der Waals surface area contributed by atoms with Crippen LogP contribution in [0.25, 0.3) is 11.0 Å². The normalized spacial score (nSPS) is 10.6. The lowest BCUT2D eigenvalue weighted by Crippen LogP contribution is -2.12. The van der Waals surface area contributed by atoms with Gasteiger partial charge in [-0.1, -0.05) is 18.2 Å². The second-order valence-corrected chi connectivity index (χ2v) is 5.24. The van der Waals surface area contributed by atoms with Crippen LogP contribution in [-0.4, -0.2) is 15.9 Å². The Kier molecular flexibility index (Phi) is 3.84. The minimum atomic E-state index is -0.367. The summed E-state index contributed by atoms with van der Waals surface area (Å²) in [7, 11) is 0. The van der Waals surface area contributed by atoms with E-state index in [1.54, 1.807) is 24.3 Å². The second-order valence-electron chi connectivity index (χ2n) is 5.24. The first-order valence-electron chi connectivity index (χ1n) is 7.63. The molecule has 1 N–H and O–H groups in total. The third-order valence-corrected chi connectivity index (χ3v) is 3.48. The van der Waals surface area contributed by atoms with E-state index in [-0.39, 0.29) is 11.7 Å². The first kappa shape index (κ1) is 14.9. The van der Waals surface area contributed by atoms with Crippen LogP contribution in [0.1, 0.15) is 10.6 Å². The molecule has 1 amide bonds. The number of anilines is 1. The average molecular weight is 331 g/mol. The Morgan fingerprint density at radius 3 is 2.56 bits per heavy atom. The van der Waals surface area contributed by atoms with Crippen molar-refractivity contribution in [3.05, 3.63) is 78.8 Å². The molecule has 0 saturated carbocycles. The van der Waals surface area contributed by atoms with Crippen LogP contribution in [0.2, 0.25) is 0 Å². The van der Waals surface area contributed by atoms with Crippen molar-refractivity contribution >= 4 is 22.8 Å². The molecule has 3 heterocycles. The van der Waals surface area contributed by atoms with Gasteiger partial charge in [-0.25, -0.2) is 4.98 Å². The van der Waals surface area contributed by atoms with Gasteiger partial charge in [0.05, 0.1) is 6.26 Å². The molecule has 6 heteroatoms. The SMILES string of the molecule is O=C(Nc1ccc2ccc(Oc3ccccc3)nc2n1)c1ccco1. The van der Waals surface area contributed by atoms with Gasteiger partial charge in [-0.2, -0.15) is 4.98 Å². The van der Waals surface area contributed by atoms with Gasteiger partial charge >= 0.3 is 0 Å². The van der Waals surface area contributed by atoms with Crippen molar-refractivity contribution in [3.8, 4) is 11.6 Å². The van der Waals surface area contributed by atoms with Crippen LogP contribution in [0, 0.1) is 0 Å². The zero-order valence-electron chi connectivity index (χ0n) is 13.0. The van der Waals surface area contributed by atoms with Gasteiger partial charge in [0, 0.05) is 11.5 Å². The van der Waals surface area contributed by atoms with Crippen LogP contribution in [0.15, 0.2) is 77.4 Å². The molecule has 4 aromatic rings. The Hall–Kier alpha value is -3.67. The molecule has 122 valence electrons. The molecule has 0 aliphatic carbocycles. The first-order valence-corrected chi connectivity index (χ1v) is 7.63. The van der Waals surface area contributed by atoms with Gasteiger partial charge in [-0.05, 0) is 42.5 Å². The molecule has 0 atom stereocenters. The Morgan fingerprint density at radius 1 is 0.920 bits per heavy atom. The van der Waals surface area contributed by atoms with E-state index >= 15 is 0 Å². The average Bonchev–Trinajstić information content (AvgIpc) is 3.17. The highest BCUT2D eigenvalue weighted by Gasteiger charge is 2.10. The Labute approximate surface area is 143 Å². The summed E-state index contributed by atoms with van der Waals surface area (Å²) in [5, 5.41) is 3.52. The highest BCUT2D eigenvalue weighted by Crippen LogP contribution is 2.22. The van der Waals surface area contributed by atoms with Crippen molar-refractivity contribution in [2.75, 3.05) is 5.32 Å². The molecule has 0 aliphatic heterocycles. The highest BCUT2D eigenvalue weighted by atomic mass is 16.5. The summed E-state index contributed by atoms with van der Waals surface area (Å²) < 4.78 is 10.8. The summed E-state index contributed by atoms with van der Waals surface area (Å²) in [4.78, 5) is 20.8. The van der Waals surface area contributed by atoms with E-state index < -0.39 is 0 Å². The minimum Gasteiger partial charge on any atom is -0.459 e. The molecule has 0 unspecified atom stereocenters. The number of nitrogens with one attached hydrogen (secondary N) is 1. The van der Waals surface area contributed by atoms with Gasteiger partial charge in [-0.3, -0.25) is 4.79 Å². The summed E-state index contributed by atoms with van der Waals surface area (Å²) >= 11 is 0. The lowest BCUT2D eigenvalue weighted by Gasteiger charge is -2.07.